The van der Waals surface area contributed by atoms with Gasteiger partial charge in [0.05, 0.1) is 12.0 Å². The maximum atomic E-state index is 11.8. The van der Waals surface area contributed by atoms with E-state index in [-0.39, 0.29) is 17.9 Å². The number of furan rings is 1. The van der Waals surface area contributed by atoms with Crippen LogP contribution >= 0.6 is 11.8 Å². The van der Waals surface area contributed by atoms with Crippen molar-refractivity contribution in [2.75, 3.05) is 18.9 Å². The minimum Gasteiger partial charge on any atom is -0.484 e. The highest BCUT2D eigenvalue weighted by Gasteiger charge is 2.13. The van der Waals surface area contributed by atoms with Crippen molar-refractivity contribution in [1.29, 1.82) is 0 Å². The van der Waals surface area contributed by atoms with E-state index in [1.54, 1.807) is 18.0 Å². The van der Waals surface area contributed by atoms with Gasteiger partial charge >= 0.3 is 0 Å². The molecule has 0 spiro atoms. The van der Waals surface area contributed by atoms with Crippen molar-refractivity contribution in [3.63, 3.8) is 0 Å². The van der Waals surface area contributed by atoms with Crippen LogP contribution in [-0.4, -0.2) is 24.8 Å². The molecule has 0 fully saturated rings. The lowest BCUT2D eigenvalue weighted by molar-refractivity contribution is -0.122. The van der Waals surface area contributed by atoms with Crippen LogP contribution in [0.1, 0.15) is 32.1 Å². The van der Waals surface area contributed by atoms with Gasteiger partial charge in [-0.1, -0.05) is 32.9 Å². The van der Waals surface area contributed by atoms with E-state index in [1.165, 1.54) is 5.56 Å². The molecular formula is C19H25NO3S. The maximum absolute atomic E-state index is 11.8. The Hall–Kier alpha value is -1.88. The Labute approximate surface area is 148 Å². The van der Waals surface area contributed by atoms with E-state index in [2.05, 4.69) is 26.1 Å². The molecule has 0 aliphatic carbocycles. The maximum Gasteiger partial charge on any atom is 0.257 e. The molecule has 0 aliphatic heterocycles. The number of hydrogen-bond donors (Lipinski definition) is 1. The van der Waals surface area contributed by atoms with E-state index < -0.39 is 0 Å². The first-order chi connectivity index (χ1) is 11.4. The Morgan fingerprint density at radius 3 is 2.58 bits per heavy atom. The zero-order valence-electron chi connectivity index (χ0n) is 14.5. The van der Waals surface area contributed by atoms with Gasteiger partial charge in [-0.2, -0.15) is 11.8 Å². The van der Waals surface area contributed by atoms with Gasteiger partial charge in [0, 0.05) is 12.3 Å². The fourth-order valence-corrected chi connectivity index (χ4v) is 2.84. The molecule has 1 amide bonds. The summed E-state index contributed by atoms with van der Waals surface area (Å²) in [5.41, 5.74) is 1.36. The number of thioether (sulfide) groups is 1. The molecule has 1 aromatic carbocycles. The van der Waals surface area contributed by atoms with Crippen molar-refractivity contribution in [3.05, 3.63) is 54.0 Å². The predicted molar refractivity (Wildman–Crippen MR) is 98.5 cm³/mol. The van der Waals surface area contributed by atoms with Crippen molar-refractivity contribution in [1.82, 2.24) is 5.32 Å². The van der Waals surface area contributed by atoms with Gasteiger partial charge in [0.1, 0.15) is 11.5 Å². The Bertz CT molecular complexity index is 615. The number of rotatable bonds is 8. The zero-order chi connectivity index (χ0) is 17.4. The summed E-state index contributed by atoms with van der Waals surface area (Å²) in [4.78, 5) is 11.8. The van der Waals surface area contributed by atoms with Crippen molar-refractivity contribution in [3.8, 4) is 5.75 Å². The van der Waals surface area contributed by atoms with Crippen LogP contribution in [-0.2, 0) is 16.0 Å². The molecule has 24 heavy (non-hydrogen) atoms. The van der Waals surface area contributed by atoms with Gasteiger partial charge in [0.15, 0.2) is 6.61 Å². The first-order valence-corrected chi connectivity index (χ1v) is 9.21. The minimum atomic E-state index is -0.103. The normalized spacial score (nSPS) is 11.3. The first-order valence-electron chi connectivity index (χ1n) is 8.05. The van der Waals surface area contributed by atoms with Gasteiger partial charge in [-0.05, 0) is 35.2 Å². The average molecular weight is 347 g/mol. The fourth-order valence-electron chi connectivity index (χ4n) is 2.08. The number of hydrogen-bond acceptors (Lipinski definition) is 4. The lowest BCUT2D eigenvalue weighted by Crippen LogP contribution is -2.30. The summed E-state index contributed by atoms with van der Waals surface area (Å²) in [5, 5.41) is 2.85. The SMILES string of the molecule is CC(C)(C)c1ccc(OCC(=O)NCCSCc2ccco2)cc1. The summed E-state index contributed by atoms with van der Waals surface area (Å²) in [6.07, 6.45) is 1.67. The first kappa shape index (κ1) is 18.5. The summed E-state index contributed by atoms with van der Waals surface area (Å²) in [7, 11) is 0. The Morgan fingerprint density at radius 1 is 1.21 bits per heavy atom. The van der Waals surface area contributed by atoms with E-state index in [0.29, 0.717) is 12.3 Å². The number of carbonyl (C=O) groups is 1. The summed E-state index contributed by atoms with van der Waals surface area (Å²) < 4.78 is 10.8. The van der Waals surface area contributed by atoms with Crippen molar-refractivity contribution in [2.24, 2.45) is 0 Å². The topological polar surface area (TPSA) is 51.5 Å². The highest BCUT2D eigenvalue weighted by molar-refractivity contribution is 7.98. The van der Waals surface area contributed by atoms with E-state index in [9.17, 15) is 4.79 Å². The Morgan fingerprint density at radius 2 is 1.96 bits per heavy atom. The van der Waals surface area contributed by atoms with Crippen LogP contribution < -0.4 is 10.1 Å². The average Bonchev–Trinajstić information content (AvgIpc) is 3.05. The van der Waals surface area contributed by atoms with Gasteiger partial charge < -0.3 is 14.5 Å². The third-order valence-corrected chi connectivity index (χ3v) is 4.46. The largest absolute Gasteiger partial charge is 0.484 e. The van der Waals surface area contributed by atoms with Gasteiger partial charge in [-0.3, -0.25) is 4.79 Å². The molecule has 2 aromatic rings. The van der Waals surface area contributed by atoms with Gasteiger partial charge in [-0.15, -0.1) is 0 Å². The molecule has 0 saturated carbocycles. The second-order valence-electron chi connectivity index (χ2n) is 6.54. The molecule has 0 bridgehead atoms. The summed E-state index contributed by atoms with van der Waals surface area (Å²) >= 11 is 1.72. The van der Waals surface area contributed by atoms with Gasteiger partial charge in [0.2, 0.25) is 0 Å². The predicted octanol–water partition coefficient (Wildman–Crippen LogP) is 4.01. The molecule has 1 heterocycles. The van der Waals surface area contributed by atoms with Crippen LogP contribution in [0, 0.1) is 0 Å². The Balaban J connectivity index is 1.60. The number of carbonyl (C=O) groups excluding carboxylic acids is 1. The molecule has 0 atom stereocenters. The molecule has 0 aliphatic rings. The molecule has 0 unspecified atom stereocenters. The second kappa shape index (κ2) is 8.83. The van der Waals surface area contributed by atoms with Crippen molar-refractivity contribution < 1.29 is 13.9 Å². The van der Waals surface area contributed by atoms with Crippen LogP contribution in [0.3, 0.4) is 0 Å². The molecule has 130 valence electrons. The molecule has 0 saturated heterocycles. The molecule has 5 heteroatoms. The lowest BCUT2D eigenvalue weighted by Gasteiger charge is -2.19. The summed E-state index contributed by atoms with van der Waals surface area (Å²) in [5.74, 6) is 3.22. The minimum absolute atomic E-state index is 0.0394. The van der Waals surface area contributed by atoms with Crippen LogP contribution in [0.2, 0.25) is 0 Å². The monoisotopic (exact) mass is 347 g/mol. The smallest absolute Gasteiger partial charge is 0.257 e. The van der Waals surface area contributed by atoms with Gasteiger partial charge in [-0.25, -0.2) is 0 Å². The summed E-state index contributed by atoms with van der Waals surface area (Å²) in [6, 6.07) is 11.7. The standard InChI is InChI=1S/C19H25NO3S/c1-19(2,3)15-6-8-16(9-7-15)23-13-18(21)20-10-12-24-14-17-5-4-11-22-17/h4-9,11H,10,12-14H2,1-3H3,(H,20,21). The molecular weight excluding hydrogens is 322 g/mol. The Kier molecular flexibility index (Phi) is 6.79. The third kappa shape index (κ3) is 6.32. The number of amides is 1. The van der Waals surface area contributed by atoms with Crippen molar-refractivity contribution >= 4 is 17.7 Å². The van der Waals surface area contributed by atoms with E-state index >= 15 is 0 Å². The van der Waals surface area contributed by atoms with Crippen LogP contribution in [0.4, 0.5) is 0 Å². The van der Waals surface area contributed by atoms with Crippen molar-refractivity contribution in [2.45, 2.75) is 31.9 Å². The van der Waals surface area contributed by atoms with Crippen LogP contribution in [0.5, 0.6) is 5.75 Å². The van der Waals surface area contributed by atoms with Crippen LogP contribution in [0.15, 0.2) is 47.1 Å². The van der Waals surface area contributed by atoms with E-state index in [0.717, 1.165) is 17.3 Å². The number of ether oxygens (including phenoxy) is 1. The zero-order valence-corrected chi connectivity index (χ0v) is 15.3. The highest BCUT2D eigenvalue weighted by Crippen LogP contribution is 2.24. The number of benzene rings is 1. The highest BCUT2D eigenvalue weighted by atomic mass is 32.2. The third-order valence-electron chi connectivity index (χ3n) is 3.48. The molecule has 2 rings (SSSR count). The second-order valence-corrected chi connectivity index (χ2v) is 7.65. The fraction of sp³-hybridized carbons (Fsp3) is 0.421. The summed E-state index contributed by atoms with van der Waals surface area (Å²) in [6.45, 7) is 7.16. The van der Waals surface area contributed by atoms with Gasteiger partial charge in [0.25, 0.3) is 5.91 Å². The van der Waals surface area contributed by atoms with E-state index in [4.69, 9.17) is 9.15 Å². The van der Waals surface area contributed by atoms with Crippen LogP contribution in [0.25, 0.3) is 0 Å². The quantitative estimate of drug-likeness (QED) is 0.733. The lowest BCUT2D eigenvalue weighted by atomic mass is 9.87. The molecule has 1 aromatic heterocycles. The van der Waals surface area contributed by atoms with E-state index in [1.807, 2.05) is 36.4 Å². The molecule has 1 N–H and O–H groups in total. The molecule has 4 nitrogen and oxygen atoms in total. The molecule has 0 radical (unpaired) electrons. The number of nitrogens with one attached hydrogen (secondary N) is 1.